The number of allylic oxidation sites excluding steroid dienone is 1. The molecule has 4 heterocycles. The SMILES string of the molecule is O=C1C(=Cc2ccccc2F)Oc2c1ccc(O)c2CN1C[C@@H]2C[C@@H](C1)c1cccc(=O)n1C2. The number of piperidine rings is 1. The Morgan fingerprint density at radius 2 is 1.88 bits per heavy atom. The molecule has 6 rings (SSSR count). The van der Waals surface area contributed by atoms with Gasteiger partial charge in [-0.05, 0) is 42.7 Å². The number of aromatic hydroxyl groups is 1. The molecule has 3 aromatic rings. The molecule has 0 unspecified atom stereocenters. The molecule has 1 fully saturated rings. The summed E-state index contributed by atoms with van der Waals surface area (Å²) in [5.41, 5.74) is 2.28. The van der Waals surface area contributed by atoms with Crippen molar-refractivity contribution < 1.29 is 19.0 Å². The second kappa shape index (κ2) is 7.95. The Kier molecular flexibility index (Phi) is 4.88. The number of phenols is 1. The van der Waals surface area contributed by atoms with E-state index in [1.165, 1.54) is 18.2 Å². The number of halogens is 1. The van der Waals surface area contributed by atoms with Gasteiger partial charge < -0.3 is 14.4 Å². The molecule has 3 aliphatic heterocycles. The highest BCUT2D eigenvalue weighted by molar-refractivity contribution is 6.15. The van der Waals surface area contributed by atoms with Gasteiger partial charge in [-0.3, -0.25) is 14.5 Å². The molecule has 2 atom stereocenters. The summed E-state index contributed by atoms with van der Waals surface area (Å²) in [6.45, 7) is 2.63. The van der Waals surface area contributed by atoms with Crippen LogP contribution in [0.1, 0.15) is 39.5 Å². The van der Waals surface area contributed by atoms with E-state index in [1.54, 1.807) is 30.3 Å². The van der Waals surface area contributed by atoms with Crippen molar-refractivity contribution in [1.29, 1.82) is 0 Å². The van der Waals surface area contributed by atoms with Gasteiger partial charge in [-0.1, -0.05) is 24.3 Å². The minimum Gasteiger partial charge on any atom is -0.507 e. The summed E-state index contributed by atoms with van der Waals surface area (Å²) >= 11 is 0. The van der Waals surface area contributed by atoms with Crippen LogP contribution in [0.3, 0.4) is 0 Å². The Hall–Kier alpha value is -3.71. The van der Waals surface area contributed by atoms with E-state index in [0.29, 0.717) is 35.9 Å². The Morgan fingerprint density at radius 1 is 1.03 bits per heavy atom. The number of Topliss-reactive ketones (excluding diaryl/α,β-unsaturated/α-hetero) is 1. The standard InChI is InChI=1S/C27H23FN2O4/c28-21-5-2-1-4-17(21)11-24-26(33)19-8-9-23(31)20(27(19)34-24)15-29-12-16-10-18(14-29)22-6-3-7-25(32)30(22)13-16/h1-9,11,16,18,31H,10,12-15H2/t16-,18-/m0/s1. The van der Waals surface area contributed by atoms with Crippen LogP contribution >= 0.6 is 0 Å². The van der Waals surface area contributed by atoms with E-state index in [0.717, 1.165) is 25.2 Å². The predicted molar refractivity (Wildman–Crippen MR) is 124 cm³/mol. The number of ether oxygens (including phenoxy) is 1. The van der Waals surface area contributed by atoms with Gasteiger partial charge in [0.15, 0.2) is 5.76 Å². The minimum atomic E-state index is -0.440. The summed E-state index contributed by atoms with van der Waals surface area (Å²) in [6, 6.07) is 14.7. The van der Waals surface area contributed by atoms with Crippen molar-refractivity contribution in [3.63, 3.8) is 0 Å². The maximum absolute atomic E-state index is 14.1. The highest BCUT2D eigenvalue weighted by Gasteiger charge is 2.36. The molecule has 3 aliphatic rings. The second-order valence-corrected chi connectivity index (χ2v) is 9.29. The zero-order valence-electron chi connectivity index (χ0n) is 18.4. The van der Waals surface area contributed by atoms with Crippen molar-refractivity contribution >= 4 is 11.9 Å². The first kappa shape index (κ1) is 20.9. The van der Waals surface area contributed by atoms with Gasteiger partial charge in [0.25, 0.3) is 5.56 Å². The number of fused-ring (bicyclic) bond motifs is 5. The Balaban J connectivity index is 1.29. The number of phenolic OH excluding ortho intramolecular Hbond substituents is 1. The van der Waals surface area contributed by atoms with Crippen molar-refractivity contribution in [2.75, 3.05) is 13.1 Å². The third kappa shape index (κ3) is 3.44. The number of nitrogens with zero attached hydrogens (tertiary/aromatic N) is 2. The molecular formula is C27H23FN2O4. The molecule has 0 amide bonds. The Bertz CT molecular complexity index is 1410. The van der Waals surface area contributed by atoms with Gasteiger partial charge in [-0.25, -0.2) is 4.39 Å². The predicted octanol–water partition coefficient (Wildman–Crippen LogP) is 3.93. The summed E-state index contributed by atoms with van der Waals surface area (Å²) in [4.78, 5) is 27.5. The van der Waals surface area contributed by atoms with Crippen LogP contribution in [0, 0.1) is 11.7 Å². The number of hydrogen-bond acceptors (Lipinski definition) is 5. The van der Waals surface area contributed by atoms with Crippen LogP contribution in [-0.4, -0.2) is 33.4 Å². The zero-order valence-corrected chi connectivity index (χ0v) is 18.4. The number of aromatic nitrogens is 1. The van der Waals surface area contributed by atoms with Gasteiger partial charge >= 0.3 is 0 Å². The maximum atomic E-state index is 14.1. The van der Waals surface area contributed by atoms with Gasteiger partial charge in [0, 0.05) is 49.4 Å². The van der Waals surface area contributed by atoms with E-state index >= 15 is 0 Å². The molecule has 1 aromatic heterocycles. The molecule has 0 saturated carbocycles. The average Bonchev–Trinajstić information content (AvgIpc) is 3.13. The Morgan fingerprint density at radius 3 is 2.74 bits per heavy atom. The van der Waals surface area contributed by atoms with E-state index < -0.39 is 5.82 Å². The molecule has 7 heteroatoms. The molecular weight excluding hydrogens is 435 g/mol. The molecule has 0 aliphatic carbocycles. The summed E-state index contributed by atoms with van der Waals surface area (Å²) in [5, 5.41) is 10.7. The molecule has 1 saturated heterocycles. The molecule has 1 N–H and O–H groups in total. The summed E-state index contributed by atoms with van der Waals surface area (Å²) < 4.78 is 21.9. The molecule has 172 valence electrons. The van der Waals surface area contributed by atoms with Gasteiger partial charge in [0.2, 0.25) is 5.78 Å². The second-order valence-electron chi connectivity index (χ2n) is 9.29. The van der Waals surface area contributed by atoms with Crippen LogP contribution in [0.15, 0.2) is 65.2 Å². The number of hydrogen-bond donors (Lipinski definition) is 1. The number of carbonyl (C=O) groups is 1. The number of ketones is 1. The first-order chi connectivity index (χ1) is 16.5. The Labute approximate surface area is 195 Å². The highest BCUT2D eigenvalue weighted by atomic mass is 19.1. The lowest BCUT2D eigenvalue weighted by molar-refractivity contribution is 0.101. The van der Waals surface area contributed by atoms with Crippen LogP contribution in [0.25, 0.3) is 6.08 Å². The van der Waals surface area contributed by atoms with Crippen molar-refractivity contribution in [3.8, 4) is 11.5 Å². The molecule has 2 bridgehead atoms. The van der Waals surface area contributed by atoms with E-state index in [-0.39, 0.29) is 34.3 Å². The van der Waals surface area contributed by atoms with Crippen LogP contribution in [0.2, 0.25) is 0 Å². The van der Waals surface area contributed by atoms with Gasteiger partial charge in [-0.15, -0.1) is 0 Å². The lowest BCUT2D eigenvalue weighted by atomic mass is 9.83. The molecule has 0 radical (unpaired) electrons. The smallest absolute Gasteiger partial charge is 0.250 e. The fourth-order valence-electron chi connectivity index (χ4n) is 5.53. The van der Waals surface area contributed by atoms with Crippen LogP contribution in [0.5, 0.6) is 11.5 Å². The summed E-state index contributed by atoms with van der Waals surface area (Å²) in [7, 11) is 0. The van der Waals surface area contributed by atoms with Gasteiger partial charge in [0.05, 0.1) is 11.1 Å². The van der Waals surface area contributed by atoms with Crippen molar-refractivity contribution in [3.05, 3.63) is 98.9 Å². The summed E-state index contributed by atoms with van der Waals surface area (Å²) in [5.74, 6) is 0.235. The van der Waals surface area contributed by atoms with Gasteiger partial charge in [0.1, 0.15) is 17.3 Å². The number of pyridine rings is 1. The third-order valence-electron chi connectivity index (χ3n) is 7.05. The quantitative estimate of drug-likeness (QED) is 0.603. The third-order valence-corrected chi connectivity index (χ3v) is 7.05. The number of likely N-dealkylation sites (tertiary alicyclic amines) is 1. The van der Waals surface area contributed by atoms with E-state index in [4.69, 9.17) is 4.74 Å². The molecule has 6 nitrogen and oxygen atoms in total. The molecule has 34 heavy (non-hydrogen) atoms. The zero-order chi connectivity index (χ0) is 23.4. The lowest BCUT2D eigenvalue weighted by Gasteiger charge is -2.42. The normalized spacial score (nSPS) is 22.4. The number of carbonyl (C=O) groups excluding carboxylic acids is 1. The molecule has 0 spiro atoms. The monoisotopic (exact) mass is 458 g/mol. The first-order valence-electron chi connectivity index (χ1n) is 11.4. The topological polar surface area (TPSA) is 71.8 Å². The summed E-state index contributed by atoms with van der Waals surface area (Å²) in [6.07, 6.45) is 2.43. The minimum absolute atomic E-state index is 0.0377. The van der Waals surface area contributed by atoms with Gasteiger partial charge in [-0.2, -0.15) is 0 Å². The largest absolute Gasteiger partial charge is 0.507 e. The maximum Gasteiger partial charge on any atom is 0.250 e. The van der Waals surface area contributed by atoms with Crippen LogP contribution in [0.4, 0.5) is 4.39 Å². The fraction of sp³-hybridized carbons (Fsp3) is 0.259. The van der Waals surface area contributed by atoms with Crippen LogP contribution in [-0.2, 0) is 13.1 Å². The first-order valence-corrected chi connectivity index (χ1v) is 11.4. The van der Waals surface area contributed by atoms with E-state index in [2.05, 4.69) is 4.90 Å². The lowest BCUT2D eigenvalue weighted by Crippen LogP contribution is -2.46. The highest BCUT2D eigenvalue weighted by Crippen LogP contribution is 2.42. The fourth-order valence-corrected chi connectivity index (χ4v) is 5.53. The van der Waals surface area contributed by atoms with E-state index in [9.17, 15) is 19.1 Å². The van der Waals surface area contributed by atoms with Crippen LogP contribution < -0.4 is 10.3 Å². The van der Waals surface area contributed by atoms with E-state index in [1.807, 2.05) is 16.7 Å². The average molecular weight is 458 g/mol. The number of benzene rings is 2. The van der Waals surface area contributed by atoms with Crippen molar-refractivity contribution in [2.24, 2.45) is 5.92 Å². The number of rotatable bonds is 3. The van der Waals surface area contributed by atoms with Crippen molar-refractivity contribution in [2.45, 2.75) is 25.4 Å². The molecule has 2 aromatic carbocycles. The van der Waals surface area contributed by atoms with Crippen molar-refractivity contribution in [1.82, 2.24) is 9.47 Å².